The number of carbonyl (C=O) groups is 2. The molecule has 1 saturated heterocycles. The number of hydrogen-bond acceptors (Lipinski definition) is 7. The van der Waals surface area contributed by atoms with E-state index in [0.717, 1.165) is 81.8 Å². The number of allylic oxidation sites excluding steroid dienone is 1. The lowest BCUT2D eigenvalue weighted by molar-refractivity contribution is -0.140. The summed E-state index contributed by atoms with van der Waals surface area (Å²) in [6.45, 7) is 12.1. The first-order chi connectivity index (χ1) is 24.5. The second-order valence-corrected chi connectivity index (χ2v) is 17.1. The molecule has 4 aliphatic carbocycles. The predicted octanol–water partition coefficient (Wildman–Crippen LogP) is 9.15. The number of aliphatic imine (C=N–C) groups is 1. The number of amidine groups is 1. The van der Waals surface area contributed by atoms with Gasteiger partial charge < -0.3 is 19.3 Å². The molecule has 8 rings (SSSR count). The third-order valence-electron chi connectivity index (χ3n) is 14.0. The molecular formula is C42H53ClN4O4. The molecule has 8 unspecified atom stereocenters. The molecule has 1 amide bonds. The highest BCUT2D eigenvalue weighted by atomic mass is 35.5. The van der Waals surface area contributed by atoms with Crippen LogP contribution in [0.3, 0.4) is 0 Å². The Balaban J connectivity index is 0.983. The number of ketones is 1. The molecule has 9 heteroatoms. The number of halogens is 1. The fourth-order valence-electron chi connectivity index (χ4n) is 11.3. The molecule has 2 heterocycles. The summed E-state index contributed by atoms with van der Waals surface area (Å²) < 4.78 is 12.7. The molecule has 272 valence electrons. The maximum atomic E-state index is 14.2. The Morgan fingerprint density at radius 2 is 1.75 bits per heavy atom. The summed E-state index contributed by atoms with van der Waals surface area (Å²) in [5, 5.41) is 0.560. The zero-order valence-electron chi connectivity index (χ0n) is 30.9. The SMILES string of the molecule is CC(=O)C1CCC2C3CC=C4CC(OC(C)OC(=O)N5c6ccc(Cl)cc6N=C(N6CCN(C)CC6)c6ccccc65)CCC4(C)C3CCC12C. The smallest absolute Gasteiger partial charge is 0.419 e. The van der Waals surface area contributed by atoms with Gasteiger partial charge >= 0.3 is 6.09 Å². The number of Topliss-reactive ketones (excluding diaryl/α,β-unsaturated/α-hetero) is 1. The van der Waals surface area contributed by atoms with Crippen molar-refractivity contribution < 1.29 is 19.1 Å². The van der Waals surface area contributed by atoms with Gasteiger partial charge in [0.1, 0.15) is 11.6 Å². The van der Waals surface area contributed by atoms with E-state index in [-0.39, 0.29) is 22.9 Å². The van der Waals surface area contributed by atoms with E-state index in [0.29, 0.717) is 39.9 Å². The first-order valence-corrected chi connectivity index (χ1v) is 19.6. The molecule has 2 aromatic carbocycles. The maximum Gasteiger partial charge on any atom is 0.421 e. The summed E-state index contributed by atoms with van der Waals surface area (Å²) in [7, 11) is 2.14. The minimum absolute atomic E-state index is 0.0132. The Kier molecular flexibility index (Phi) is 9.12. The number of anilines is 2. The first-order valence-electron chi connectivity index (χ1n) is 19.2. The molecule has 0 bridgehead atoms. The van der Waals surface area contributed by atoms with Gasteiger partial charge in [0.15, 0.2) is 0 Å². The van der Waals surface area contributed by atoms with Gasteiger partial charge in [-0.1, -0.05) is 49.2 Å². The summed E-state index contributed by atoms with van der Waals surface area (Å²) in [6, 6.07) is 13.4. The van der Waals surface area contributed by atoms with E-state index < -0.39 is 12.4 Å². The van der Waals surface area contributed by atoms with Gasteiger partial charge in [-0.15, -0.1) is 0 Å². The van der Waals surface area contributed by atoms with E-state index in [1.165, 1.54) is 18.4 Å². The van der Waals surface area contributed by atoms with Crippen molar-refractivity contribution in [1.82, 2.24) is 9.80 Å². The summed E-state index contributed by atoms with van der Waals surface area (Å²) in [6.07, 6.45) is 9.89. The van der Waals surface area contributed by atoms with Crippen molar-refractivity contribution in [2.24, 2.45) is 39.5 Å². The van der Waals surface area contributed by atoms with E-state index in [9.17, 15) is 9.59 Å². The average molecular weight is 713 g/mol. The number of piperazine rings is 1. The highest BCUT2D eigenvalue weighted by Crippen LogP contribution is 2.66. The van der Waals surface area contributed by atoms with E-state index in [1.807, 2.05) is 50.2 Å². The van der Waals surface area contributed by atoms with E-state index in [4.69, 9.17) is 26.1 Å². The van der Waals surface area contributed by atoms with Crippen molar-refractivity contribution in [1.29, 1.82) is 0 Å². The summed E-state index contributed by atoms with van der Waals surface area (Å²) in [4.78, 5) is 38.2. The van der Waals surface area contributed by atoms with Crippen molar-refractivity contribution in [2.75, 3.05) is 38.1 Å². The summed E-state index contributed by atoms with van der Waals surface area (Å²) in [5.41, 5.74) is 4.71. The Morgan fingerprint density at radius 3 is 2.53 bits per heavy atom. The van der Waals surface area contributed by atoms with Crippen molar-refractivity contribution in [3.05, 3.63) is 64.7 Å². The predicted molar refractivity (Wildman–Crippen MR) is 202 cm³/mol. The standard InChI is InChI=1S/C42H53ClN4O4/c1-26(48)33-13-14-34-31-12-10-28-24-30(16-18-41(28,3)35(31)17-19-42(33,34)4)50-27(2)51-40(49)47-37-9-7-6-8-32(37)39(46-22-20-45(5)21-23-46)44-36-25-29(43)11-15-38(36)47/h6-11,15,25,27,30-31,33-35H,12-14,16-24H2,1-5H3. The number of para-hydroxylation sites is 1. The molecule has 0 spiro atoms. The lowest BCUT2D eigenvalue weighted by atomic mass is 9.47. The van der Waals surface area contributed by atoms with Crippen LogP contribution in [-0.4, -0.2) is 73.1 Å². The number of fused-ring (bicyclic) bond motifs is 7. The number of nitrogens with zero attached hydrogens (tertiary/aromatic N) is 4. The number of amides is 1. The molecule has 4 fully saturated rings. The molecule has 2 aliphatic heterocycles. The molecule has 3 saturated carbocycles. The average Bonchev–Trinajstić information content (AvgIpc) is 3.39. The second-order valence-electron chi connectivity index (χ2n) is 16.7. The Labute approximate surface area is 308 Å². The molecule has 0 aromatic heterocycles. The van der Waals surface area contributed by atoms with Gasteiger partial charge in [0.25, 0.3) is 0 Å². The Hall–Kier alpha value is -3.20. The lowest BCUT2D eigenvalue weighted by Gasteiger charge is -2.58. The zero-order valence-corrected chi connectivity index (χ0v) is 31.6. The largest absolute Gasteiger partial charge is 0.421 e. The molecule has 0 N–H and O–H groups in total. The molecule has 8 nitrogen and oxygen atoms in total. The monoisotopic (exact) mass is 712 g/mol. The van der Waals surface area contributed by atoms with Crippen LogP contribution in [0.5, 0.6) is 0 Å². The van der Waals surface area contributed by atoms with Crippen LogP contribution in [0.15, 0.2) is 59.1 Å². The highest BCUT2D eigenvalue weighted by molar-refractivity contribution is 6.31. The van der Waals surface area contributed by atoms with Gasteiger partial charge in [0, 0.05) is 42.7 Å². The van der Waals surface area contributed by atoms with Crippen LogP contribution in [-0.2, 0) is 14.3 Å². The van der Waals surface area contributed by atoms with Crippen LogP contribution in [0.4, 0.5) is 21.9 Å². The van der Waals surface area contributed by atoms with Gasteiger partial charge in [-0.25, -0.2) is 14.7 Å². The molecule has 6 aliphatic rings. The summed E-state index contributed by atoms with van der Waals surface area (Å²) in [5.74, 6) is 3.42. The van der Waals surface area contributed by atoms with Crippen molar-refractivity contribution in [3.8, 4) is 0 Å². The van der Waals surface area contributed by atoms with Gasteiger partial charge in [-0.05, 0) is 131 Å². The van der Waals surface area contributed by atoms with Gasteiger partial charge in [0.05, 0.1) is 23.2 Å². The van der Waals surface area contributed by atoms with Crippen LogP contribution in [0, 0.1) is 34.5 Å². The fourth-order valence-corrected chi connectivity index (χ4v) is 11.5. The number of ether oxygens (including phenoxy) is 2. The van der Waals surface area contributed by atoms with Crippen molar-refractivity contribution >= 4 is 46.4 Å². The molecule has 0 radical (unpaired) electrons. The number of rotatable bonds is 4. The normalized spacial score (nSPS) is 33.7. The Bertz CT molecular complexity index is 1770. The molecular weight excluding hydrogens is 660 g/mol. The third kappa shape index (κ3) is 6.03. The van der Waals surface area contributed by atoms with Crippen LogP contribution in [0.2, 0.25) is 5.02 Å². The van der Waals surface area contributed by atoms with Crippen LogP contribution in [0.25, 0.3) is 0 Å². The van der Waals surface area contributed by atoms with Crippen LogP contribution >= 0.6 is 11.6 Å². The Morgan fingerprint density at radius 1 is 0.961 bits per heavy atom. The van der Waals surface area contributed by atoms with Crippen molar-refractivity contribution in [3.63, 3.8) is 0 Å². The first kappa shape index (κ1) is 34.9. The zero-order chi connectivity index (χ0) is 35.7. The number of benzene rings is 2. The lowest BCUT2D eigenvalue weighted by Crippen LogP contribution is -2.51. The third-order valence-corrected chi connectivity index (χ3v) is 14.2. The van der Waals surface area contributed by atoms with Crippen molar-refractivity contribution in [2.45, 2.75) is 91.5 Å². The minimum atomic E-state index is -0.731. The number of likely N-dealkylation sites (N-methyl/N-ethyl adjacent to an activating group) is 1. The highest BCUT2D eigenvalue weighted by Gasteiger charge is 2.59. The van der Waals surface area contributed by atoms with Crippen LogP contribution < -0.4 is 4.90 Å². The van der Waals surface area contributed by atoms with Crippen LogP contribution in [0.1, 0.15) is 84.6 Å². The van der Waals surface area contributed by atoms with Gasteiger partial charge in [-0.3, -0.25) is 4.79 Å². The van der Waals surface area contributed by atoms with Gasteiger partial charge in [0.2, 0.25) is 6.29 Å². The maximum absolute atomic E-state index is 14.2. The summed E-state index contributed by atoms with van der Waals surface area (Å²) >= 11 is 6.50. The molecule has 2 aromatic rings. The fraction of sp³-hybridized carbons (Fsp3) is 0.595. The minimum Gasteiger partial charge on any atom is -0.419 e. The number of carbonyl (C=O) groups excluding carboxylic acids is 2. The molecule has 8 atom stereocenters. The van der Waals surface area contributed by atoms with E-state index in [1.54, 1.807) is 11.0 Å². The van der Waals surface area contributed by atoms with E-state index >= 15 is 0 Å². The topological polar surface area (TPSA) is 74.7 Å². The quantitative estimate of drug-likeness (QED) is 0.233. The van der Waals surface area contributed by atoms with Gasteiger partial charge in [-0.2, -0.15) is 0 Å². The molecule has 51 heavy (non-hydrogen) atoms. The van der Waals surface area contributed by atoms with E-state index in [2.05, 4.69) is 36.8 Å². The second kappa shape index (κ2) is 13.3. The number of hydrogen-bond donors (Lipinski definition) is 0.